The minimum Gasteiger partial charge on any atom is -0.384 e. The first-order chi connectivity index (χ1) is 18.1. The molecule has 4 aromatic rings. The average Bonchev–Trinajstić information content (AvgIpc) is 2.92. The van der Waals surface area contributed by atoms with Crippen molar-refractivity contribution in [1.29, 1.82) is 0 Å². The van der Waals surface area contributed by atoms with Crippen molar-refractivity contribution in [2.75, 3.05) is 48.4 Å². The first-order valence-corrected chi connectivity index (χ1v) is 13.2. The quantitative estimate of drug-likeness (QED) is 0.256. The van der Waals surface area contributed by atoms with Gasteiger partial charge >= 0.3 is 0 Å². The van der Waals surface area contributed by atoms with Gasteiger partial charge in [0, 0.05) is 54.0 Å². The van der Waals surface area contributed by atoms with Gasteiger partial charge in [-0.25, -0.2) is 0 Å². The maximum Gasteiger partial charge on any atom is 0.232 e. The van der Waals surface area contributed by atoms with Crippen LogP contribution in [-0.2, 0) is 11.2 Å². The molecule has 1 saturated heterocycles. The third-order valence-electron chi connectivity index (χ3n) is 6.37. The molecule has 1 aliphatic heterocycles. The van der Waals surface area contributed by atoms with Gasteiger partial charge in [0.25, 0.3) is 0 Å². The predicted octanol–water partition coefficient (Wildman–Crippen LogP) is 5.79. The fourth-order valence-electron chi connectivity index (χ4n) is 4.33. The van der Waals surface area contributed by atoms with Crippen LogP contribution in [0.2, 0.25) is 5.02 Å². The van der Waals surface area contributed by atoms with Gasteiger partial charge in [0.15, 0.2) is 0 Å². The molecule has 2 N–H and O–H groups in total. The number of ether oxygens (including phenoxy) is 1. The Kier molecular flexibility index (Phi) is 8.28. The fraction of sp³-hybridized carbons (Fsp3) is 0.357. The first-order valence-electron chi connectivity index (χ1n) is 12.8. The summed E-state index contributed by atoms with van der Waals surface area (Å²) in [4.78, 5) is 20.8. The van der Waals surface area contributed by atoms with Crippen LogP contribution in [0.3, 0.4) is 0 Å². The molecule has 192 valence electrons. The summed E-state index contributed by atoms with van der Waals surface area (Å²) >= 11 is 6.11. The zero-order valence-electron chi connectivity index (χ0n) is 21.1. The molecule has 2 aromatic carbocycles. The van der Waals surface area contributed by atoms with Crippen LogP contribution in [0.25, 0.3) is 10.9 Å². The molecule has 2 aromatic heterocycles. The number of pyridine rings is 1. The number of hydrogen-bond donors (Lipinski definition) is 2. The molecule has 5 rings (SSSR count). The van der Waals surface area contributed by atoms with E-state index in [1.807, 2.05) is 42.6 Å². The Balaban J connectivity index is 1.18. The summed E-state index contributed by atoms with van der Waals surface area (Å²) in [6, 6.07) is 16.1. The van der Waals surface area contributed by atoms with Crippen molar-refractivity contribution in [2.24, 2.45) is 0 Å². The lowest BCUT2D eigenvalue weighted by Crippen LogP contribution is -2.37. The Bertz CT molecular complexity index is 1330. The summed E-state index contributed by atoms with van der Waals surface area (Å²) in [5, 5.41) is 8.68. The van der Waals surface area contributed by atoms with Gasteiger partial charge < -0.3 is 20.3 Å². The summed E-state index contributed by atoms with van der Waals surface area (Å²) in [6.07, 6.45) is 5.74. The third-order valence-corrected chi connectivity index (χ3v) is 6.60. The Morgan fingerprint density at radius 3 is 2.62 bits per heavy atom. The van der Waals surface area contributed by atoms with Crippen molar-refractivity contribution in [3.05, 3.63) is 71.1 Å². The van der Waals surface area contributed by atoms with E-state index >= 15 is 0 Å². The zero-order chi connectivity index (χ0) is 25.5. The topological polar surface area (TPSA) is 88.1 Å². The van der Waals surface area contributed by atoms with E-state index in [4.69, 9.17) is 31.3 Å². The van der Waals surface area contributed by atoms with Crippen molar-refractivity contribution in [1.82, 2.24) is 19.9 Å². The first kappa shape index (κ1) is 25.2. The van der Waals surface area contributed by atoms with Crippen LogP contribution >= 0.6 is 11.6 Å². The van der Waals surface area contributed by atoms with E-state index < -0.39 is 0 Å². The van der Waals surface area contributed by atoms with Gasteiger partial charge in [-0.15, -0.1) is 0 Å². The van der Waals surface area contributed by atoms with Crippen molar-refractivity contribution in [3.63, 3.8) is 0 Å². The van der Waals surface area contributed by atoms with E-state index in [-0.39, 0.29) is 0 Å². The summed E-state index contributed by atoms with van der Waals surface area (Å²) in [5.41, 5.74) is 4.17. The molecule has 0 bridgehead atoms. The number of benzene rings is 2. The van der Waals surface area contributed by atoms with Crippen LogP contribution in [0.15, 0.2) is 54.7 Å². The molecule has 0 aliphatic carbocycles. The van der Waals surface area contributed by atoms with E-state index in [1.54, 1.807) is 0 Å². The highest BCUT2D eigenvalue weighted by molar-refractivity contribution is 6.31. The second-order valence-corrected chi connectivity index (χ2v) is 9.66. The largest absolute Gasteiger partial charge is 0.384 e. The van der Waals surface area contributed by atoms with E-state index in [1.165, 1.54) is 5.56 Å². The highest BCUT2D eigenvalue weighted by Gasteiger charge is 2.16. The number of nitrogens with zero attached hydrogens (tertiary/aromatic N) is 5. The van der Waals surface area contributed by atoms with Gasteiger partial charge in [0.2, 0.25) is 11.9 Å². The van der Waals surface area contributed by atoms with Gasteiger partial charge in [0.05, 0.1) is 18.7 Å². The minimum absolute atomic E-state index is 0.585. The molecule has 0 saturated carbocycles. The van der Waals surface area contributed by atoms with Crippen molar-refractivity contribution < 1.29 is 4.74 Å². The number of fused-ring (bicyclic) bond motifs is 1. The number of aryl methyl sites for hydroxylation is 2. The lowest BCUT2D eigenvalue weighted by atomic mass is 10.1. The minimum atomic E-state index is 0.585. The number of nitrogens with one attached hydrogen (secondary N) is 2. The Morgan fingerprint density at radius 1 is 0.946 bits per heavy atom. The van der Waals surface area contributed by atoms with Gasteiger partial charge in [0.1, 0.15) is 5.82 Å². The smallest absolute Gasteiger partial charge is 0.232 e. The highest BCUT2D eigenvalue weighted by Crippen LogP contribution is 2.24. The molecule has 1 fully saturated rings. The van der Waals surface area contributed by atoms with Crippen LogP contribution in [0.1, 0.15) is 30.7 Å². The predicted molar refractivity (Wildman–Crippen MR) is 150 cm³/mol. The maximum atomic E-state index is 6.11. The van der Waals surface area contributed by atoms with Gasteiger partial charge in [-0.05, 0) is 56.2 Å². The van der Waals surface area contributed by atoms with Crippen molar-refractivity contribution in [3.8, 4) is 0 Å². The van der Waals surface area contributed by atoms with E-state index in [2.05, 4.69) is 39.6 Å². The molecule has 9 heteroatoms. The summed E-state index contributed by atoms with van der Waals surface area (Å²) < 4.78 is 5.51. The number of unbranched alkanes of at least 4 members (excludes halogenated alkanes) is 2. The Hall–Kier alpha value is -3.49. The van der Waals surface area contributed by atoms with Crippen LogP contribution in [0.4, 0.5) is 23.3 Å². The highest BCUT2D eigenvalue weighted by atomic mass is 35.5. The third kappa shape index (κ3) is 6.84. The van der Waals surface area contributed by atoms with Gasteiger partial charge in [-0.1, -0.05) is 35.7 Å². The SMILES string of the molecule is Cc1ccc(Nc2nc(CCCCCNc3ccnc4cc(Cl)ccc34)nc(N3CCOCC3)n2)cc1. The van der Waals surface area contributed by atoms with Crippen LogP contribution in [0.5, 0.6) is 0 Å². The number of halogens is 1. The molecule has 0 unspecified atom stereocenters. The summed E-state index contributed by atoms with van der Waals surface area (Å²) in [7, 11) is 0. The second kappa shape index (κ2) is 12.2. The molecule has 0 radical (unpaired) electrons. The molecular weight excluding hydrogens is 486 g/mol. The van der Waals surface area contributed by atoms with Crippen molar-refractivity contribution in [2.45, 2.75) is 32.6 Å². The van der Waals surface area contributed by atoms with Crippen LogP contribution in [-0.4, -0.2) is 52.8 Å². The zero-order valence-corrected chi connectivity index (χ0v) is 21.8. The van der Waals surface area contributed by atoms with Crippen LogP contribution in [0, 0.1) is 6.92 Å². The number of aromatic nitrogens is 4. The Morgan fingerprint density at radius 2 is 1.78 bits per heavy atom. The fourth-order valence-corrected chi connectivity index (χ4v) is 4.50. The average molecular weight is 518 g/mol. The van der Waals surface area contributed by atoms with Crippen molar-refractivity contribution >= 4 is 45.8 Å². The second-order valence-electron chi connectivity index (χ2n) is 9.22. The number of morpholine rings is 1. The number of anilines is 4. The molecule has 37 heavy (non-hydrogen) atoms. The molecular formula is C28H32ClN7O. The molecule has 8 nitrogen and oxygen atoms in total. The summed E-state index contributed by atoms with van der Waals surface area (Å²) in [6.45, 7) is 5.91. The normalized spacial score (nSPS) is 13.6. The molecule has 0 amide bonds. The van der Waals surface area contributed by atoms with Crippen LogP contribution < -0.4 is 15.5 Å². The van der Waals surface area contributed by atoms with Gasteiger partial charge in [-0.2, -0.15) is 15.0 Å². The molecule has 3 heterocycles. The van der Waals surface area contributed by atoms with Gasteiger partial charge in [-0.3, -0.25) is 4.98 Å². The Labute approximate surface area is 222 Å². The number of hydrogen-bond acceptors (Lipinski definition) is 8. The van der Waals surface area contributed by atoms with E-state index in [0.717, 1.165) is 73.4 Å². The monoisotopic (exact) mass is 517 g/mol. The standard InChI is InChI=1S/C28H32ClN7O/c1-20-6-9-22(10-7-20)32-27-33-26(34-28(35-27)36-15-17-37-18-16-36)5-3-2-4-13-30-24-12-14-31-25-19-21(29)8-11-23(24)25/h6-12,14,19H,2-5,13,15-18H2,1H3,(H,30,31)(H,32,33,34,35). The summed E-state index contributed by atoms with van der Waals surface area (Å²) in [5.74, 6) is 2.12. The number of rotatable bonds is 10. The molecule has 0 atom stereocenters. The van der Waals surface area contributed by atoms with E-state index in [0.29, 0.717) is 30.1 Å². The van der Waals surface area contributed by atoms with E-state index in [9.17, 15) is 0 Å². The lowest BCUT2D eigenvalue weighted by Gasteiger charge is -2.27. The molecule has 0 spiro atoms. The molecule has 1 aliphatic rings. The lowest BCUT2D eigenvalue weighted by molar-refractivity contribution is 0.122. The maximum absolute atomic E-state index is 6.11.